The van der Waals surface area contributed by atoms with Gasteiger partial charge in [0.25, 0.3) is 5.91 Å². The molecule has 1 aromatic rings. The molecule has 0 aliphatic rings. The maximum Gasteiger partial charge on any atom is 0.407 e. The SMILES string of the molecule is CC(C)(C)OC(=O)N[C@@H](CC(=O)N=O)Cc1ccccc1. The second-order valence-electron chi connectivity index (χ2n) is 5.72. The molecular weight excluding hydrogens is 272 g/mol. The zero-order valence-electron chi connectivity index (χ0n) is 12.5. The van der Waals surface area contributed by atoms with Gasteiger partial charge in [0, 0.05) is 11.2 Å². The number of nitroso groups, excluding NO2 is 1. The molecule has 0 saturated heterocycles. The van der Waals surface area contributed by atoms with Gasteiger partial charge in [-0.2, -0.15) is 0 Å². The van der Waals surface area contributed by atoms with E-state index in [1.165, 1.54) is 0 Å². The monoisotopic (exact) mass is 292 g/mol. The van der Waals surface area contributed by atoms with Gasteiger partial charge in [-0.25, -0.2) is 4.79 Å². The topological polar surface area (TPSA) is 84.8 Å². The lowest BCUT2D eigenvalue weighted by molar-refractivity contribution is -0.118. The van der Waals surface area contributed by atoms with Gasteiger partial charge in [-0.1, -0.05) is 30.3 Å². The Bertz CT molecular complexity index is 494. The fourth-order valence-corrected chi connectivity index (χ4v) is 1.80. The van der Waals surface area contributed by atoms with Crippen LogP contribution in [-0.2, 0) is 16.0 Å². The Hall–Kier alpha value is -2.24. The third-order valence-electron chi connectivity index (χ3n) is 2.57. The molecule has 0 unspecified atom stereocenters. The van der Waals surface area contributed by atoms with Crippen molar-refractivity contribution in [2.75, 3.05) is 0 Å². The first-order chi connectivity index (χ1) is 9.80. The molecule has 6 nitrogen and oxygen atoms in total. The van der Waals surface area contributed by atoms with Crippen molar-refractivity contribution in [2.45, 2.75) is 45.3 Å². The predicted molar refractivity (Wildman–Crippen MR) is 78.7 cm³/mol. The molecule has 1 rings (SSSR count). The number of benzene rings is 1. The lowest BCUT2D eigenvalue weighted by atomic mass is 10.0. The highest BCUT2D eigenvalue weighted by Gasteiger charge is 2.21. The van der Waals surface area contributed by atoms with Crippen LogP contribution in [0.1, 0.15) is 32.8 Å². The number of hydrogen-bond acceptors (Lipinski definition) is 4. The number of hydrogen-bond donors (Lipinski definition) is 1. The predicted octanol–water partition coefficient (Wildman–Crippen LogP) is 2.81. The largest absolute Gasteiger partial charge is 0.444 e. The Morgan fingerprint density at radius 1 is 1.24 bits per heavy atom. The second kappa shape index (κ2) is 7.52. The minimum Gasteiger partial charge on any atom is -0.444 e. The minimum absolute atomic E-state index is 0.155. The average molecular weight is 292 g/mol. The van der Waals surface area contributed by atoms with E-state index in [1.54, 1.807) is 20.8 Å². The molecule has 1 N–H and O–H groups in total. The first kappa shape index (κ1) is 16.8. The van der Waals surface area contributed by atoms with Gasteiger partial charge in [0.2, 0.25) is 0 Å². The van der Waals surface area contributed by atoms with E-state index in [-0.39, 0.29) is 6.42 Å². The number of rotatable bonds is 5. The summed E-state index contributed by atoms with van der Waals surface area (Å²) >= 11 is 0. The van der Waals surface area contributed by atoms with E-state index in [0.717, 1.165) is 5.56 Å². The number of alkyl carbamates (subject to hydrolysis) is 1. The summed E-state index contributed by atoms with van der Waals surface area (Å²) in [6.45, 7) is 5.24. The zero-order valence-corrected chi connectivity index (χ0v) is 12.5. The van der Waals surface area contributed by atoms with Crippen LogP contribution >= 0.6 is 0 Å². The van der Waals surface area contributed by atoms with Crippen molar-refractivity contribution in [2.24, 2.45) is 5.18 Å². The van der Waals surface area contributed by atoms with Crippen molar-refractivity contribution < 1.29 is 14.3 Å². The molecule has 0 heterocycles. The standard InChI is InChI=1S/C15H20N2O4/c1-15(2,3)21-14(19)16-12(10-13(18)17-20)9-11-7-5-4-6-8-11/h4-8,12H,9-10H2,1-3H3,(H,16,19)/t12-/m1/s1. The number of ether oxygens (including phenoxy) is 1. The van der Waals surface area contributed by atoms with Crippen LogP contribution in [0.3, 0.4) is 0 Å². The van der Waals surface area contributed by atoms with Gasteiger partial charge in [-0.3, -0.25) is 4.79 Å². The molecule has 1 aromatic carbocycles. The van der Waals surface area contributed by atoms with E-state index in [9.17, 15) is 14.5 Å². The summed E-state index contributed by atoms with van der Waals surface area (Å²) in [4.78, 5) is 33.2. The quantitative estimate of drug-likeness (QED) is 0.846. The third-order valence-corrected chi connectivity index (χ3v) is 2.57. The number of carbonyl (C=O) groups excluding carboxylic acids is 2. The molecule has 114 valence electrons. The highest BCUT2D eigenvalue weighted by atomic mass is 16.6. The molecule has 21 heavy (non-hydrogen) atoms. The Kier molecular flexibility index (Phi) is 6.02. The molecule has 0 fully saturated rings. The van der Waals surface area contributed by atoms with Gasteiger partial charge in [0.1, 0.15) is 5.60 Å². The zero-order chi connectivity index (χ0) is 15.9. The number of nitrogens with zero attached hydrogens (tertiary/aromatic N) is 1. The van der Waals surface area contributed by atoms with Crippen molar-refractivity contribution in [3.05, 3.63) is 40.8 Å². The Balaban J connectivity index is 2.70. The first-order valence-corrected chi connectivity index (χ1v) is 6.70. The summed E-state index contributed by atoms with van der Waals surface area (Å²) in [6, 6.07) is 8.81. The number of amides is 2. The van der Waals surface area contributed by atoms with Crippen molar-refractivity contribution in [1.82, 2.24) is 5.32 Å². The number of carbonyl (C=O) groups is 2. The van der Waals surface area contributed by atoms with E-state index in [0.29, 0.717) is 6.42 Å². The van der Waals surface area contributed by atoms with Crippen LogP contribution in [0.4, 0.5) is 4.79 Å². The van der Waals surface area contributed by atoms with Crippen LogP contribution in [0, 0.1) is 4.91 Å². The van der Waals surface area contributed by atoms with Gasteiger partial charge in [-0.05, 0) is 32.8 Å². The van der Waals surface area contributed by atoms with Crippen molar-refractivity contribution in [3.8, 4) is 0 Å². The summed E-state index contributed by atoms with van der Waals surface area (Å²) in [5, 5.41) is 4.98. The fraction of sp³-hybridized carbons (Fsp3) is 0.467. The summed E-state index contributed by atoms with van der Waals surface area (Å²) in [5.74, 6) is -0.799. The van der Waals surface area contributed by atoms with Crippen LogP contribution in [0.25, 0.3) is 0 Å². The minimum atomic E-state index is -0.799. The molecular formula is C15H20N2O4. The van der Waals surface area contributed by atoms with Crippen LogP contribution in [0.2, 0.25) is 0 Å². The first-order valence-electron chi connectivity index (χ1n) is 6.70. The van der Waals surface area contributed by atoms with Crippen LogP contribution in [0.5, 0.6) is 0 Å². The fourth-order valence-electron chi connectivity index (χ4n) is 1.80. The van der Waals surface area contributed by atoms with Crippen LogP contribution < -0.4 is 5.32 Å². The second-order valence-corrected chi connectivity index (χ2v) is 5.72. The van der Waals surface area contributed by atoms with Gasteiger partial charge < -0.3 is 10.1 Å². The van der Waals surface area contributed by atoms with Gasteiger partial charge >= 0.3 is 6.09 Å². The van der Waals surface area contributed by atoms with E-state index in [1.807, 2.05) is 30.3 Å². The van der Waals surface area contributed by atoms with Gasteiger partial charge in [0.15, 0.2) is 0 Å². The van der Waals surface area contributed by atoms with Crippen molar-refractivity contribution >= 4 is 12.0 Å². The highest BCUT2D eigenvalue weighted by Crippen LogP contribution is 2.10. The van der Waals surface area contributed by atoms with Crippen LogP contribution in [0.15, 0.2) is 35.5 Å². The molecule has 0 saturated carbocycles. The average Bonchev–Trinajstić information content (AvgIpc) is 2.37. The molecule has 0 aromatic heterocycles. The van der Waals surface area contributed by atoms with Gasteiger partial charge in [0.05, 0.1) is 6.42 Å². The summed E-state index contributed by atoms with van der Waals surface area (Å²) in [6.07, 6.45) is -0.360. The third kappa shape index (κ3) is 7.20. The van der Waals surface area contributed by atoms with E-state index in [4.69, 9.17) is 4.74 Å². The Labute approximate surface area is 123 Å². The van der Waals surface area contributed by atoms with E-state index >= 15 is 0 Å². The van der Waals surface area contributed by atoms with Crippen molar-refractivity contribution in [1.29, 1.82) is 0 Å². The normalized spacial score (nSPS) is 12.3. The smallest absolute Gasteiger partial charge is 0.407 e. The molecule has 6 heteroatoms. The lowest BCUT2D eigenvalue weighted by Crippen LogP contribution is -2.41. The molecule has 0 spiro atoms. The van der Waals surface area contributed by atoms with E-state index < -0.39 is 23.6 Å². The molecule has 1 atom stereocenters. The Morgan fingerprint density at radius 3 is 2.38 bits per heavy atom. The maximum atomic E-state index is 11.8. The summed E-state index contributed by atoms with van der Waals surface area (Å²) in [7, 11) is 0. The van der Waals surface area contributed by atoms with Gasteiger partial charge in [-0.15, -0.1) is 4.91 Å². The molecule has 0 radical (unpaired) electrons. The van der Waals surface area contributed by atoms with Crippen molar-refractivity contribution in [3.63, 3.8) is 0 Å². The summed E-state index contributed by atoms with van der Waals surface area (Å²) < 4.78 is 5.15. The molecule has 0 bridgehead atoms. The Morgan fingerprint density at radius 2 is 1.86 bits per heavy atom. The lowest BCUT2D eigenvalue weighted by Gasteiger charge is -2.23. The molecule has 0 aliphatic carbocycles. The maximum absolute atomic E-state index is 11.8. The summed E-state index contributed by atoms with van der Waals surface area (Å²) in [5.41, 5.74) is 0.311. The highest BCUT2D eigenvalue weighted by molar-refractivity contribution is 5.78. The molecule has 2 amide bonds. The number of nitrogens with one attached hydrogen (secondary N) is 1. The molecule has 0 aliphatic heterocycles. The van der Waals surface area contributed by atoms with Crippen LogP contribution in [-0.4, -0.2) is 23.6 Å². The van der Waals surface area contributed by atoms with E-state index in [2.05, 4.69) is 10.5 Å².